The summed E-state index contributed by atoms with van der Waals surface area (Å²) in [5.74, 6) is -1.18. The molecule has 1 aliphatic rings. The van der Waals surface area contributed by atoms with Crippen molar-refractivity contribution in [3.63, 3.8) is 0 Å². The van der Waals surface area contributed by atoms with E-state index < -0.39 is 18.5 Å². The molecule has 1 heterocycles. The summed E-state index contributed by atoms with van der Waals surface area (Å²) in [7, 11) is 1.46. The van der Waals surface area contributed by atoms with Crippen molar-refractivity contribution >= 4 is 28.3 Å². The molecule has 0 unspecified atom stereocenters. The smallest absolute Gasteiger partial charge is 0.359 e. The van der Waals surface area contributed by atoms with Gasteiger partial charge in [0.25, 0.3) is 11.5 Å². The molecular formula is C21H19N3O4. The summed E-state index contributed by atoms with van der Waals surface area (Å²) in [6.45, 7) is -0.436. The van der Waals surface area contributed by atoms with E-state index in [1.165, 1.54) is 18.2 Å². The zero-order valence-electron chi connectivity index (χ0n) is 15.4. The SMILES string of the molecule is Cn1nc(C(=O)OCC(=O)Nc2ccc3c(c2)CCC3)c2ccccc2c1=O. The molecule has 7 heteroatoms. The number of aryl methyl sites for hydroxylation is 3. The first-order valence-electron chi connectivity index (χ1n) is 9.08. The van der Waals surface area contributed by atoms with Gasteiger partial charge < -0.3 is 10.1 Å². The van der Waals surface area contributed by atoms with Gasteiger partial charge in [0.05, 0.1) is 5.39 Å². The van der Waals surface area contributed by atoms with Gasteiger partial charge >= 0.3 is 5.97 Å². The molecule has 142 valence electrons. The fourth-order valence-corrected chi connectivity index (χ4v) is 3.50. The second-order valence-corrected chi connectivity index (χ2v) is 6.78. The van der Waals surface area contributed by atoms with Crippen molar-refractivity contribution in [2.24, 2.45) is 7.05 Å². The predicted octanol–water partition coefficient (Wildman–Crippen LogP) is 2.22. The lowest BCUT2D eigenvalue weighted by Gasteiger charge is -2.10. The zero-order valence-corrected chi connectivity index (χ0v) is 15.4. The number of amides is 1. The van der Waals surface area contributed by atoms with Gasteiger partial charge in [-0.1, -0.05) is 24.3 Å². The van der Waals surface area contributed by atoms with Crippen LogP contribution in [0.25, 0.3) is 10.8 Å². The van der Waals surface area contributed by atoms with Crippen LogP contribution in [0.15, 0.2) is 47.3 Å². The maximum absolute atomic E-state index is 12.5. The lowest BCUT2D eigenvalue weighted by molar-refractivity contribution is -0.119. The molecule has 0 saturated heterocycles. The molecule has 0 aliphatic heterocycles. The van der Waals surface area contributed by atoms with Crippen LogP contribution in [0.4, 0.5) is 5.69 Å². The number of anilines is 1. The molecule has 1 amide bonds. The Morgan fingerprint density at radius 1 is 1.11 bits per heavy atom. The third-order valence-electron chi connectivity index (χ3n) is 4.87. The number of hydrogen-bond donors (Lipinski definition) is 1. The summed E-state index contributed by atoms with van der Waals surface area (Å²) >= 11 is 0. The molecule has 7 nitrogen and oxygen atoms in total. The van der Waals surface area contributed by atoms with E-state index in [1.54, 1.807) is 24.3 Å². The fourth-order valence-electron chi connectivity index (χ4n) is 3.50. The Bertz CT molecular complexity index is 1150. The lowest BCUT2D eigenvalue weighted by Crippen LogP contribution is -2.26. The minimum Gasteiger partial charge on any atom is -0.451 e. The van der Waals surface area contributed by atoms with Crippen LogP contribution < -0.4 is 10.9 Å². The number of esters is 1. The largest absolute Gasteiger partial charge is 0.451 e. The minimum absolute atomic E-state index is 0.00281. The van der Waals surface area contributed by atoms with Crippen molar-refractivity contribution in [3.8, 4) is 0 Å². The van der Waals surface area contributed by atoms with E-state index in [2.05, 4.69) is 10.4 Å². The number of benzene rings is 2. The minimum atomic E-state index is -0.754. The topological polar surface area (TPSA) is 90.3 Å². The molecule has 0 bridgehead atoms. The molecule has 0 spiro atoms. The van der Waals surface area contributed by atoms with E-state index in [0.29, 0.717) is 16.5 Å². The lowest BCUT2D eigenvalue weighted by atomic mass is 10.1. The molecule has 0 radical (unpaired) electrons. The van der Waals surface area contributed by atoms with E-state index in [0.717, 1.165) is 23.9 Å². The van der Waals surface area contributed by atoms with Crippen LogP contribution in [0.5, 0.6) is 0 Å². The molecule has 3 aromatic rings. The van der Waals surface area contributed by atoms with Crippen molar-refractivity contribution in [1.29, 1.82) is 0 Å². The molecule has 2 aromatic carbocycles. The van der Waals surface area contributed by atoms with E-state index in [1.807, 2.05) is 18.2 Å². The predicted molar refractivity (Wildman–Crippen MR) is 104 cm³/mol. The van der Waals surface area contributed by atoms with Crippen LogP contribution in [0.2, 0.25) is 0 Å². The van der Waals surface area contributed by atoms with E-state index in [9.17, 15) is 14.4 Å². The Labute approximate surface area is 160 Å². The van der Waals surface area contributed by atoms with Crippen molar-refractivity contribution < 1.29 is 14.3 Å². The third kappa shape index (κ3) is 3.38. The summed E-state index contributed by atoms with van der Waals surface area (Å²) in [6.07, 6.45) is 3.21. The van der Waals surface area contributed by atoms with E-state index in [-0.39, 0.29) is 11.3 Å². The van der Waals surface area contributed by atoms with Crippen LogP contribution in [-0.4, -0.2) is 28.3 Å². The summed E-state index contributed by atoms with van der Waals surface area (Å²) < 4.78 is 6.22. The molecule has 0 saturated carbocycles. The number of carbonyl (C=O) groups is 2. The Morgan fingerprint density at radius 3 is 2.68 bits per heavy atom. The van der Waals surface area contributed by atoms with Crippen LogP contribution in [-0.2, 0) is 29.4 Å². The molecule has 1 aliphatic carbocycles. The second-order valence-electron chi connectivity index (χ2n) is 6.78. The zero-order chi connectivity index (χ0) is 19.7. The van der Waals surface area contributed by atoms with Crippen molar-refractivity contribution in [2.75, 3.05) is 11.9 Å². The maximum Gasteiger partial charge on any atom is 0.359 e. The highest BCUT2D eigenvalue weighted by atomic mass is 16.5. The number of rotatable bonds is 4. The molecule has 0 atom stereocenters. The van der Waals surface area contributed by atoms with Gasteiger partial charge in [0, 0.05) is 18.1 Å². The summed E-state index contributed by atoms with van der Waals surface area (Å²) in [5.41, 5.74) is 2.95. The van der Waals surface area contributed by atoms with Crippen molar-refractivity contribution in [1.82, 2.24) is 9.78 Å². The summed E-state index contributed by atoms with van der Waals surface area (Å²) in [4.78, 5) is 36.8. The Hall–Kier alpha value is -3.48. The summed E-state index contributed by atoms with van der Waals surface area (Å²) in [6, 6.07) is 12.5. The monoisotopic (exact) mass is 377 g/mol. The number of nitrogens with one attached hydrogen (secondary N) is 1. The van der Waals surface area contributed by atoms with Crippen LogP contribution in [0, 0.1) is 0 Å². The number of fused-ring (bicyclic) bond motifs is 2. The average Bonchev–Trinajstić information content (AvgIpc) is 3.17. The van der Waals surface area contributed by atoms with Gasteiger partial charge in [-0.3, -0.25) is 9.59 Å². The van der Waals surface area contributed by atoms with Crippen LogP contribution >= 0.6 is 0 Å². The number of ether oxygens (including phenoxy) is 1. The van der Waals surface area contributed by atoms with Crippen LogP contribution in [0.3, 0.4) is 0 Å². The van der Waals surface area contributed by atoms with Crippen molar-refractivity contribution in [2.45, 2.75) is 19.3 Å². The number of hydrogen-bond acceptors (Lipinski definition) is 5. The van der Waals surface area contributed by atoms with E-state index in [4.69, 9.17) is 4.74 Å². The van der Waals surface area contributed by atoms with Gasteiger partial charge in [-0.25, -0.2) is 9.48 Å². The molecule has 1 aromatic heterocycles. The highest BCUT2D eigenvalue weighted by molar-refractivity contribution is 6.03. The number of aromatic nitrogens is 2. The highest BCUT2D eigenvalue weighted by Crippen LogP contribution is 2.24. The first-order chi connectivity index (χ1) is 13.5. The van der Waals surface area contributed by atoms with Gasteiger partial charge in [0.2, 0.25) is 0 Å². The van der Waals surface area contributed by atoms with Gasteiger partial charge in [-0.2, -0.15) is 5.10 Å². The summed E-state index contributed by atoms with van der Waals surface area (Å²) in [5, 5.41) is 7.51. The Kier molecular flexibility index (Phi) is 4.65. The molecule has 4 rings (SSSR count). The standard InChI is InChI=1S/C21H19N3O4/c1-24-20(26)17-8-3-2-7-16(17)19(23-24)21(27)28-12-18(25)22-15-10-9-13-5-4-6-14(13)11-15/h2-3,7-11H,4-6,12H2,1H3,(H,22,25). The van der Waals surface area contributed by atoms with Crippen LogP contribution in [0.1, 0.15) is 28.0 Å². The van der Waals surface area contributed by atoms with Gasteiger partial charge in [-0.15, -0.1) is 0 Å². The maximum atomic E-state index is 12.5. The van der Waals surface area contributed by atoms with Crippen molar-refractivity contribution in [3.05, 3.63) is 69.6 Å². The van der Waals surface area contributed by atoms with E-state index >= 15 is 0 Å². The van der Waals surface area contributed by atoms with Gasteiger partial charge in [0.1, 0.15) is 0 Å². The Morgan fingerprint density at radius 2 is 1.86 bits per heavy atom. The quantitative estimate of drug-likeness (QED) is 0.704. The average molecular weight is 377 g/mol. The fraction of sp³-hybridized carbons (Fsp3) is 0.238. The first kappa shape index (κ1) is 17.9. The first-order valence-corrected chi connectivity index (χ1v) is 9.08. The number of nitrogens with zero attached hydrogens (tertiary/aromatic N) is 2. The molecule has 28 heavy (non-hydrogen) atoms. The number of carbonyl (C=O) groups excluding carboxylic acids is 2. The van der Waals surface area contributed by atoms with Gasteiger partial charge in [0.15, 0.2) is 12.3 Å². The van der Waals surface area contributed by atoms with Gasteiger partial charge in [-0.05, 0) is 48.6 Å². The highest BCUT2D eigenvalue weighted by Gasteiger charge is 2.18. The molecule has 0 fully saturated rings. The Balaban J connectivity index is 1.46. The molecule has 1 N–H and O–H groups in total. The third-order valence-corrected chi connectivity index (χ3v) is 4.87. The normalized spacial score (nSPS) is 12.6. The second kappa shape index (κ2) is 7.26. The molecular weight excluding hydrogens is 358 g/mol.